The number of ether oxygens (including phenoxy) is 1. The minimum atomic E-state index is -0.252. The molecule has 0 saturated carbocycles. The zero-order chi connectivity index (χ0) is 25.4. The van der Waals surface area contributed by atoms with Crippen molar-refractivity contribution in [2.45, 2.75) is 45.9 Å². The summed E-state index contributed by atoms with van der Waals surface area (Å²) in [5.41, 5.74) is 6.07. The molecule has 1 saturated heterocycles. The summed E-state index contributed by atoms with van der Waals surface area (Å²) < 4.78 is 21.6. The van der Waals surface area contributed by atoms with Crippen LogP contribution in [0.3, 0.4) is 0 Å². The second kappa shape index (κ2) is 9.74. The van der Waals surface area contributed by atoms with E-state index in [-0.39, 0.29) is 24.0 Å². The van der Waals surface area contributed by atoms with Crippen LogP contribution in [-0.2, 0) is 0 Å². The lowest BCUT2D eigenvalue weighted by molar-refractivity contribution is 0.242. The number of thiocarbonyl (C=S) groups is 1. The Balaban J connectivity index is 1.62. The number of hydrogen-bond donors (Lipinski definition) is 1. The fourth-order valence-electron chi connectivity index (χ4n) is 4.98. The van der Waals surface area contributed by atoms with Crippen LogP contribution >= 0.6 is 12.2 Å². The lowest BCUT2D eigenvalue weighted by Crippen LogP contribution is -2.29. The van der Waals surface area contributed by atoms with E-state index < -0.39 is 0 Å². The number of aryl methyl sites for hydroxylation is 1. The summed E-state index contributed by atoms with van der Waals surface area (Å²) in [6.45, 7) is 8.19. The Morgan fingerprint density at radius 2 is 1.67 bits per heavy atom. The van der Waals surface area contributed by atoms with Gasteiger partial charge in [0.2, 0.25) is 0 Å². The third kappa shape index (κ3) is 4.46. The number of benzene rings is 2. The van der Waals surface area contributed by atoms with Crippen molar-refractivity contribution >= 4 is 23.0 Å². The normalized spacial score (nSPS) is 17.5. The van der Waals surface area contributed by atoms with Gasteiger partial charge < -0.3 is 19.5 Å². The van der Waals surface area contributed by atoms with E-state index in [9.17, 15) is 4.39 Å². The van der Waals surface area contributed by atoms with Gasteiger partial charge in [0.25, 0.3) is 0 Å². The van der Waals surface area contributed by atoms with Crippen LogP contribution in [0.4, 0.5) is 10.1 Å². The fourth-order valence-corrected chi connectivity index (χ4v) is 5.33. The highest BCUT2D eigenvalue weighted by Gasteiger charge is 2.42. The molecule has 0 aliphatic carbocycles. The second-order valence-electron chi connectivity index (χ2n) is 9.30. The number of nitrogens with one attached hydrogen (secondary N) is 1. The molecule has 1 N–H and O–H groups in total. The zero-order valence-corrected chi connectivity index (χ0v) is 21.6. The molecule has 3 heterocycles. The van der Waals surface area contributed by atoms with Gasteiger partial charge in [0.15, 0.2) is 5.11 Å². The number of halogens is 1. The van der Waals surface area contributed by atoms with Crippen LogP contribution in [0.15, 0.2) is 79.0 Å². The Morgan fingerprint density at radius 1 is 0.972 bits per heavy atom. The van der Waals surface area contributed by atoms with Crippen LogP contribution in [0.5, 0.6) is 5.75 Å². The minimum absolute atomic E-state index is 0.100. The third-order valence-corrected chi connectivity index (χ3v) is 6.77. The molecule has 2 aromatic carbocycles. The topological polar surface area (TPSA) is 42.3 Å². The fraction of sp³-hybridized carbons (Fsp3) is 0.241. The van der Waals surface area contributed by atoms with Gasteiger partial charge in [-0.1, -0.05) is 6.07 Å². The Labute approximate surface area is 216 Å². The van der Waals surface area contributed by atoms with Crippen molar-refractivity contribution < 1.29 is 9.13 Å². The van der Waals surface area contributed by atoms with Crippen molar-refractivity contribution in [3.63, 3.8) is 0 Å². The largest absolute Gasteiger partial charge is 0.491 e. The van der Waals surface area contributed by atoms with Gasteiger partial charge in [-0.3, -0.25) is 4.98 Å². The first-order chi connectivity index (χ1) is 17.3. The van der Waals surface area contributed by atoms with Gasteiger partial charge >= 0.3 is 0 Å². The molecule has 5 rings (SSSR count). The van der Waals surface area contributed by atoms with Crippen molar-refractivity contribution in [2.24, 2.45) is 0 Å². The predicted molar refractivity (Wildman–Crippen MR) is 145 cm³/mol. The molecule has 2 aromatic heterocycles. The molecule has 0 spiro atoms. The molecule has 184 valence electrons. The average Bonchev–Trinajstić information content (AvgIpc) is 3.35. The first-order valence-electron chi connectivity index (χ1n) is 12.1. The van der Waals surface area contributed by atoms with Crippen LogP contribution in [0.1, 0.15) is 48.6 Å². The van der Waals surface area contributed by atoms with Crippen molar-refractivity contribution in [1.29, 1.82) is 0 Å². The molecular formula is C29H29FN4OS. The molecule has 0 bridgehead atoms. The molecule has 0 amide bonds. The summed E-state index contributed by atoms with van der Waals surface area (Å²) in [5, 5.41) is 4.16. The Bertz CT molecular complexity index is 1370. The Hall–Kier alpha value is -3.71. The number of rotatable bonds is 6. The van der Waals surface area contributed by atoms with Crippen LogP contribution < -0.4 is 15.0 Å². The first kappa shape index (κ1) is 24.0. The molecule has 0 unspecified atom stereocenters. The minimum Gasteiger partial charge on any atom is -0.491 e. The lowest BCUT2D eigenvalue weighted by Gasteiger charge is -2.28. The lowest BCUT2D eigenvalue weighted by atomic mass is 9.96. The molecule has 0 radical (unpaired) electrons. The maximum atomic E-state index is 13.6. The van der Waals surface area contributed by atoms with Crippen LogP contribution in [-0.4, -0.2) is 20.8 Å². The van der Waals surface area contributed by atoms with E-state index in [1.165, 1.54) is 12.1 Å². The Morgan fingerprint density at radius 3 is 2.31 bits per heavy atom. The molecule has 5 nitrogen and oxygen atoms in total. The van der Waals surface area contributed by atoms with Gasteiger partial charge in [-0.2, -0.15) is 0 Å². The van der Waals surface area contributed by atoms with E-state index in [4.69, 9.17) is 17.0 Å². The van der Waals surface area contributed by atoms with Gasteiger partial charge in [0.1, 0.15) is 11.6 Å². The highest BCUT2D eigenvalue weighted by molar-refractivity contribution is 7.80. The summed E-state index contributed by atoms with van der Waals surface area (Å²) in [4.78, 5) is 6.81. The predicted octanol–water partition coefficient (Wildman–Crippen LogP) is 6.59. The van der Waals surface area contributed by atoms with E-state index in [0.29, 0.717) is 5.11 Å². The Kier molecular flexibility index (Phi) is 6.49. The van der Waals surface area contributed by atoms with Crippen molar-refractivity contribution in [3.8, 4) is 11.4 Å². The van der Waals surface area contributed by atoms with Gasteiger partial charge in [0, 0.05) is 29.0 Å². The molecule has 1 aliphatic rings. The van der Waals surface area contributed by atoms with Gasteiger partial charge in [-0.05, 0) is 112 Å². The summed E-state index contributed by atoms with van der Waals surface area (Å²) >= 11 is 5.88. The SMILES string of the molecule is Cc1cc([C@H]2[C@H](c3ccccn3)NC(=S)N2c2ccc(OC(C)C)cc2)c(C)n1-c1ccc(F)cc1. The first-order valence-corrected chi connectivity index (χ1v) is 12.5. The highest BCUT2D eigenvalue weighted by atomic mass is 32.1. The van der Waals surface area contributed by atoms with E-state index >= 15 is 0 Å². The maximum Gasteiger partial charge on any atom is 0.174 e. The highest BCUT2D eigenvalue weighted by Crippen LogP contribution is 2.44. The average molecular weight is 501 g/mol. The molecule has 36 heavy (non-hydrogen) atoms. The van der Waals surface area contributed by atoms with E-state index in [0.717, 1.165) is 39.8 Å². The maximum absolute atomic E-state index is 13.6. The standard InChI is InChI=1S/C29H29FN4OS/c1-18(2)35-24-14-12-23(13-15-24)34-28(27(32-29(34)36)26-7-5-6-16-31-26)25-17-19(3)33(20(25)4)22-10-8-21(30)9-11-22/h5-18,27-28H,1-4H3,(H,32,36)/t27-,28-/m0/s1. The van der Waals surface area contributed by atoms with Crippen LogP contribution in [0.2, 0.25) is 0 Å². The second-order valence-corrected chi connectivity index (χ2v) is 9.68. The van der Waals surface area contributed by atoms with Crippen LogP contribution in [0.25, 0.3) is 5.69 Å². The monoisotopic (exact) mass is 500 g/mol. The van der Waals surface area contributed by atoms with Crippen molar-refractivity contribution in [2.75, 3.05) is 4.90 Å². The van der Waals surface area contributed by atoms with E-state index in [2.05, 4.69) is 39.7 Å². The molecule has 7 heteroatoms. The quantitative estimate of drug-likeness (QED) is 0.303. The summed E-state index contributed by atoms with van der Waals surface area (Å²) in [6.07, 6.45) is 1.91. The van der Waals surface area contributed by atoms with E-state index in [1.54, 1.807) is 18.3 Å². The molecule has 4 aromatic rings. The van der Waals surface area contributed by atoms with Gasteiger partial charge in [-0.15, -0.1) is 0 Å². The summed E-state index contributed by atoms with van der Waals surface area (Å²) in [5.74, 6) is 0.567. The van der Waals surface area contributed by atoms with Gasteiger partial charge in [-0.25, -0.2) is 4.39 Å². The molecule has 1 fully saturated rings. The zero-order valence-electron chi connectivity index (χ0n) is 20.8. The number of nitrogens with zero attached hydrogens (tertiary/aromatic N) is 3. The van der Waals surface area contributed by atoms with Crippen LogP contribution in [0, 0.1) is 19.7 Å². The molecule has 2 atom stereocenters. The van der Waals surface area contributed by atoms with Crippen molar-refractivity contribution in [1.82, 2.24) is 14.9 Å². The summed E-state index contributed by atoms with van der Waals surface area (Å²) in [6, 6.07) is 22.5. The van der Waals surface area contributed by atoms with Crippen molar-refractivity contribution in [3.05, 3.63) is 107 Å². The number of pyridine rings is 1. The number of aromatic nitrogens is 2. The summed E-state index contributed by atoms with van der Waals surface area (Å²) in [7, 11) is 0. The molecule has 1 aliphatic heterocycles. The number of anilines is 1. The van der Waals surface area contributed by atoms with E-state index in [1.807, 2.05) is 56.3 Å². The number of hydrogen-bond acceptors (Lipinski definition) is 3. The molecular weight excluding hydrogens is 471 g/mol. The smallest absolute Gasteiger partial charge is 0.174 e. The van der Waals surface area contributed by atoms with Gasteiger partial charge in [0.05, 0.1) is 23.9 Å². The third-order valence-electron chi connectivity index (χ3n) is 6.46.